The minimum atomic E-state index is -0.489. The fourth-order valence-corrected chi connectivity index (χ4v) is 7.23. The third kappa shape index (κ3) is 4.75. The Bertz CT molecular complexity index is 1620. The number of nitrogens with zero attached hydrogens (tertiary/aromatic N) is 4. The van der Waals surface area contributed by atoms with Crippen molar-refractivity contribution in [3.8, 4) is 0 Å². The fraction of sp³-hybridized carbons (Fsp3) is 0.516. The topological polar surface area (TPSA) is 68.8 Å². The highest BCUT2D eigenvalue weighted by Crippen LogP contribution is 2.40. The van der Waals surface area contributed by atoms with E-state index in [-0.39, 0.29) is 17.7 Å². The molecule has 2 heterocycles. The van der Waals surface area contributed by atoms with Crippen LogP contribution < -0.4 is 5.56 Å². The molecule has 1 amide bonds. The van der Waals surface area contributed by atoms with Gasteiger partial charge in [-0.2, -0.15) is 4.98 Å². The number of amides is 1. The monoisotopic (exact) mass is 592 g/mol. The summed E-state index contributed by atoms with van der Waals surface area (Å²) in [6.45, 7) is 5.72. The molecule has 4 aromatic rings. The number of benzene rings is 2. The molecule has 2 aliphatic carbocycles. The lowest BCUT2D eigenvalue weighted by Gasteiger charge is -2.35. The molecule has 0 saturated heterocycles. The second kappa shape index (κ2) is 9.95. The number of halogens is 1. The van der Waals surface area contributed by atoms with Crippen molar-refractivity contribution in [1.82, 2.24) is 18.9 Å². The molecule has 39 heavy (non-hydrogen) atoms. The molecule has 6 rings (SSSR count). The zero-order chi connectivity index (χ0) is 27.5. The Morgan fingerprint density at radius 3 is 2.41 bits per heavy atom. The van der Waals surface area contributed by atoms with E-state index in [0.29, 0.717) is 17.3 Å². The van der Waals surface area contributed by atoms with Gasteiger partial charge in [0.1, 0.15) is 5.60 Å². The Hall–Kier alpha value is -2.87. The van der Waals surface area contributed by atoms with Crippen molar-refractivity contribution in [3.63, 3.8) is 0 Å². The third-order valence-electron chi connectivity index (χ3n) is 8.65. The molecule has 8 heteroatoms. The maximum absolute atomic E-state index is 13.2. The van der Waals surface area contributed by atoms with E-state index in [9.17, 15) is 9.59 Å². The van der Waals surface area contributed by atoms with Crippen LogP contribution in [0.4, 0.5) is 4.79 Å². The summed E-state index contributed by atoms with van der Waals surface area (Å²) in [7, 11) is 1.86. The summed E-state index contributed by atoms with van der Waals surface area (Å²) in [5.74, 6) is 1.18. The average Bonchev–Trinajstić information content (AvgIpc) is 3.53. The van der Waals surface area contributed by atoms with Crippen molar-refractivity contribution < 1.29 is 9.53 Å². The predicted molar refractivity (Wildman–Crippen MR) is 159 cm³/mol. The molecule has 2 aromatic carbocycles. The molecule has 0 radical (unpaired) electrons. The first-order valence-corrected chi connectivity index (χ1v) is 15.0. The predicted octanol–water partition coefficient (Wildman–Crippen LogP) is 7.57. The maximum atomic E-state index is 13.2. The van der Waals surface area contributed by atoms with Gasteiger partial charge >= 0.3 is 6.09 Å². The Morgan fingerprint density at radius 1 is 1.00 bits per heavy atom. The molecule has 2 aliphatic rings. The molecule has 0 bridgehead atoms. The number of carbonyl (C=O) groups excluding carboxylic acids is 1. The Kier molecular flexibility index (Phi) is 6.72. The highest BCUT2D eigenvalue weighted by atomic mass is 79.9. The molecular formula is C31H37BrN4O3. The Balaban J connectivity index is 1.37. The van der Waals surface area contributed by atoms with Crippen molar-refractivity contribution >= 4 is 49.7 Å². The summed E-state index contributed by atoms with van der Waals surface area (Å²) in [6.07, 6.45) is 8.35. The van der Waals surface area contributed by atoms with Gasteiger partial charge in [-0.05, 0) is 111 Å². The van der Waals surface area contributed by atoms with Crippen LogP contribution in [0, 0.1) is 0 Å². The van der Waals surface area contributed by atoms with Crippen LogP contribution in [0.5, 0.6) is 0 Å². The summed E-state index contributed by atoms with van der Waals surface area (Å²) < 4.78 is 10.9. The first-order chi connectivity index (χ1) is 18.6. The van der Waals surface area contributed by atoms with Crippen molar-refractivity contribution in [2.24, 2.45) is 0 Å². The van der Waals surface area contributed by atoms with Gasteiger partial charge < -0.3 is 14.2 Å². The minimum Gasteiger partial charge on any atom is -0.444 e. The lowest BCUT2D eigenvalue weighted by Crippen LogP contribution is -2.42. The van der Waals surface area contributed by atoms with Gasteiger partial charge in [0.2, 0.25) is 5.78 Å². The zero-order valence-electron chi connectivity index (χ0n) is 23.2. The third-order valence-corrected chi connectivity index (χ3v) is 9.31. The highest BCUT2D eigenvalue weighted by molar-refractivity contribution is 9.10. The summed E-state index contributed by atoms with van der Waals surface area (Å²) in [4.78, 5) is 32.2. The van der Waals surface area contributed by atoms with E-state index in [1.807, 2.05) is 46.0 Å². The first kappa shape index (κ1) is 26.4. The Labute approximate surface area is 237 Å². The van der Waals surface area contributed by atoms with E-state index in [2.05, 4.69) is 48.1 Å². The second-order valence-corrected chi connectivity index (χ2v) is 13.2. The molecule has 2 fully saturated rings. The van der Waals surface area contributed by atoms with Crippen molar-refractivity contribution in [3.05, 3.63) is 56.8 Å². The summed E-state index contributed by atoms with van der Waals surface area (Å²) in [6, 6.07) is 13.3. The summed E-state index contributed by atoms with van der Waals surface area (Å²) >= 11 is 3.58. The van der Waals surface area contributed by atoms with E-state index in [1.165, 1.54) is 18.4 Å². The van der Waals surface area contributed by atoms with Crippen LogP contribution in [0.3, 0.4) is 0 Å². The van der Waals surface area contributed by atoms with Crippen LogP contribution >= 0.6 is 15.9 Å². The smallest absolute Gasteiger partial charge is 0.410 e. The van der Waals surface area contributed by atoms with Gasteiger partial charge in [0, 0.05) is 23.6 Å². The van der Waals surface area contributed by atoms with Gasteiger partial charge in [-0.3, -0.25) is 9.20 Å². The standard InChI is InChI=1S/C31H37BrN4O3/c1-31(2,3)39-30(38)34(4)21-15-12-19(13-16-21)20-14-17-24-26(18-20)35(22-8-5-6-9-22)29-33-28(37)27-23(32)10-7-11-25(27)36(24)29/h7,10-11,14,17-19,21-22H,5-6,8-9,12-13,15-16H2,1-4H3. The van der Waals surface area contributed by atoms with Crippen LogP contribution in [0.15, 0.2) is 45.7 Å². The van der Waals surface area contributed by atoms with Gasteiger partial charge in [0.15, 0.2) is 0 Å². The lowest BCUT2D eigenvalue weighted by molar-refractivity contribution is 0.0183. The van der Waals surface area contributed by atoms with Crippen molar-refractivity contribution in [2.75, 3.05) is 7.05 Å². The molecule has 0 spiro atoms. The molecule has 0 atom stereocenters. The minimum absolute atomic E-state index is 0.188. The maximum Gasteiger partial charge on any atom is 0.410 e. The average molecular weight is 594 g/mol. The molecule has 0 aliphatic heterocycles. The van der Waals surface area contributed by atoms with Crippen molar-refractivity contribution in [1.29, 1.82) is 0 Å². The quantitative estimate of drug-likeness (QED) is 0.246. The molecule has 7 nitrogen and oxygen atoms in total. The lowest BCUT2D eigenvalue weighted by atomic mass is 9.81. The molecule has 0 N–H and O–H groups in total. The summed E-state index contributed by atoms with van der Waals surface area (Å²) in [5.41, 5.74) is 3.79. The number of imidazole rings is 1. The van der Waals surface area contributed by atoms with E-state index in [4.69, 9.17) is 4.74 Å². The number of hydrogen-bond donors (Lipinski definition) is 0. The number of hydrogen-bond acceptors (Lipinski definition) is 4. The Morgan fingerprint density at radius 2 is 1.72 bits per heavy atom. The van der Waals surface area contributed by atoms with E-state index in [0.717, 1.165) is 65.3 Å². The van der Waals surface area contributed by atoms with E-state index in [1.54, 1.807) is 4.90 Å². The van der Waals surface area contributed by atoms with Crippen LogP contribution in [-0.2, 0) is 4.74 Å². The first-order valence-electron chi connectivity index (χ1n) is 14.2. The SMILES string of the molecule is CN(C(=O)OC(C)(C)C)C1CCC(c2ccc3c(c2)n(C2CCCC2)c2nc(=O)c4c(Br)cccc4n32)CC1. The van der Waals surface area contributed by atoms with Crippen LogP contribution in [-0.4, -0.2) is 43.6 Å². The second-order valence-electron chi connectivity index (χ2n) is 12.3. The molecular weight excluding hydrogens is 556 g/mol. The number of carbonyl (C=O) groups is 1. The molecule has 0 unspecified atom stereocenters. The number of aromatic nitrogens is 3. The zero-order valence-corrected chi connectivity index (χ0v) is 24.8. The largest absolute Gasteiger partial charge is 0.444 e. The van der Waals surface area contributed by atoms with Gasteiger partial charge in [-0.15, -0.1) is 0 Å². The normalized spacial score (nSPS) is 20.7. The molecule has 206 valence electrons. The van der Waals surface area contributed by atoms with E-state index < -0.39 is 5.60 Å². The van der Waals surface area contributed by atoms with Gasteiger partial charge in [0.05, 0.1) is 21.9 Å². The highest BCUT2D eigenvalue weighted by Gasteiger charge is 2.31. The number of fused-ring (bicyclic) bond motifs is 5. The number of rotatable bonds is 3. The van der Waals surface area contributed by atoms with Crippen molar-refractivity contribution in [2.45, 2.75) is 95.7 Å². The van der Waals surface area contributed by atoms with E-state index >= 15 is 0 Å². The number of ether oxygens (including phenoxy) is 1. The van der Waals surface area contributed by atoms with Gasteiger partial charge in [-0.1, -0.05) is 25.0 Å². The van der Waals surface area contributed by atoms with Gasteiger partial charge in [0.25, 0.3) is 5.56 Å². The van der Waals surface area contributed by atoms with Crippen LogP contribution in [0.1, 0.15) is 89.7 Å². The van der Waals surface area contributed by atoms with Crippen LogP contribution in [0.2, 0.25) is 0 Å². The molecule has 2 aromatic heterocycles. The van der Waals surface area contributed by atoms with Gasteiger partial charge in [-0.25, -0.2) is 4.79 Å². The fourth-order valence-electron chi connectivity index (χ4n) is 6.70. The summed E-state index contributed by atoms with van der Waals surface area (Å²) in [5, 5.41) is 0.622. The molecule has 2 saturated carbocycles. The van der Waals surface area contributed by atoms with Crippen LogP contribution in [0.25, 0.3) is 27.7 Å².